The molecule has 7 nitrogen and oxygen atoms in total. The van der Waals surface area contributed by atoms with Gasteiger partial charge in [0.2, 0.25) is 11.8 Å². The standard InChI is InChI=1S/C11H19N3O4.C4H10/c1-18-11(17)8(14-9(15)6-12)5-7-3-2-4-13-10(7)16;1-4(2)3/h7-8H,2-6,12H2,1H3,(H,13,16)(H,14,15);4H,1-3H3. The van der Waals surface area contributed by atoms with E-state index in [1.807, 2.05) is 0 Å². The zero-order valence-corrected chi connectivity index (χ0v) is 14.0. The normalized spacial score (nSPS) is 18.6. The molecular formula is C15H29N3O4. The van der Waals surface area contributed by atoms with Gasteiger partial charge in [0, 0.05) is 12.5 Å². The van der Waals surface area contributed by atoms with Crippen LogP contribution in [-0.4, -0.2) is 44.0 Å². The van der Waals surface area contributed by atoms with Gasteiger partial charge in [-0.15, -0.1) is 0 Å². The molecule has 1 fully saturated rings. The van der Waals surface area contributed by atoms with E-state index >= 15 is 0 Å². The van der Waals surface area contributed by atoms with Crippen molar-refractivity contribution in [3.63, 3.8) is 0 Å². The number of carbonyl (C=O) groups excluding carboxylic acids is 3. The van der Waals surface area contributed by atoms with Crippen LogP contribution < -0.4 is 16.4 Å². The zero-order chi connectivity index (χ0) is 17.1. The second kappa shape index (κ2) is 11.0. The van der Waals surface area contributed by atoms with E-state index in [9.17, 15) is 14.4 Å². The summed E-state index contributed by atoms with van der Waals surface area (Å²) >= 11 is 0. The Balaban J connectivity index is 0.000000980. The Morgan fingerprint density at radius 1 is 1.41 bits per heavy atom. The van der Waals surface area contributed by atoms with E-state index < -0.39 is 17.9 Å². The fourth-order valence-electron chi connectivity index (χ4n) is 1.95. The quantitative estimate of drug-likeness (QED) is 0.627. The van der Waals surface area contributed by atoms with Gasteiger partial charge < -0.3 is 21.1 Å². The average molecular weight is 315 g/mol. The number of rotatable bonds is 5. The molecule has 0 spiro atoms. The molecule has 2 amide bonds. The van der Waals surface area contributed by atoms with Gasteiger partial charge in [-0.1, -0.05) is 20.8 Å². The summed E-state index contributed by atoms with van der Waals surface area (Å²) in [5, 5.41) is 5.20. The van der Waals surface area contributed by atoms with Crippen molar-refractivity contribution in [2.24, 2.45) is 17.6 Å². The van der Waals surface area contributed by atoms with Crippen molar-refractivity contribution < 1.29 is 19.1 Å². The van der Waals surface area contributed by atoms with Crippen LogP contribution in [0.4, 0.5) is 0 Å². The molecular weight excluding hydrogens is 286 g/mol. The molecule has 1 aliphatic heterocycles. The van der Waals surface area contributed by atoms with Crippen LogP contribution in [0, 0.1) is 11.8 Å². The number of esters is 1. The summed E-state index contributed by atoms with van der Waals surface area (Å²) in [5.41, 5.74) is 5.18. The molecule has 0 aromatic heterocycles. The molecule has 1 aliphatic rings. The minimum atomic E-state index is -0.820. The van der Waals surface area contributed by atoms with Crippen molar-refractivity contribution in [3.05, 3.63) is 0 Å². The zero-order valence-electron chi connectivity index (χ0n) is 14.0. The van der Waals surface area contributed by atoms with Crippen LogP contribution in [0.15, 0.2) is 0 Å². The smallest absolute Gasteiger partial charge is 0.328 e. The molecule has 2 unspecified atom stereocenters. The SMILES string of the molecule is CC(C)C.COC(=O)C(CC1CCCNC1=O)NC(=O)CN. The fourth-order valence-corrected chi connectivity index (χ4v) is 1.95. The summed E-state index contributed by atoms with van der Waals surface area (Å²) in [7, 11) is 1.24. The summed E-state index contributed by atoms with van der Waals surface area (Å²) in [6.07, 6.45) is 1.82. The van der Waals surface area contributed by atoms with Crippen LogP contribution in [0.2, 0.25) is 0 Å². The molecule has 0 aliphatic carbocycles. The van der Waals surface area contributed by atoms with Gasteiger partial charge in [0.15, 0.2) is 0 Å². The predicted octanol–water partition coefficient (Wildman–Crippen LogP) is 0.182. The van der Waals surface area contributed by atoms with Gasteiger partial charge in [-0.25, -0.2) is 4.79 Å². The monoisotopic (exact) mass is 315 g/mol. The van der Waals surface area contributed by atoms with Crippen molar-refractivity contribution in [1.82, 2.24) is 10.6 Å². The minimum absolute atomic E-state index is 0.0860. The molecule has 0 aromatic rings. The average Bonchev–Trinajstić information content (AvgIpc) is 2.47. The van der Waals surface area contributed by atoms with Crippen molar-refractivity contribution in [3.8, 4) is 0 Å². The Kier molecular flexibility index (Phi) is 10.2. The highest BCUT2D eigenvalue weighted by Crippen LogP contribution is 2.17. The van der Waals surface area contributed by atoms with Crippen LogP contribution in [0.5, 0.6) is 0 Å². The Labute approximate surface area is 132 Å². The van der Waals surface area contributed by atoms with Crippen LogP contribution in [0.3, 0.4) is 0 Å². The van der Waals surface area contributed by atoms with Gasteiger partial charge in [0.1, 0.15) is 6.04 Å². The minimum Gasteiger partial charge on any atom is -0.467 e. The summed E-state index contributed by atoms with van der Waals surface area (Å²) in [6.45, 7) is 6.96. The maximum atomic E-state index is 11.6. The van der Waals surface area contributed by atoms with E-state index in [0.717, 1.165) is 12.3 Å². The third-order valence-electron chi connectivity index (χ3n) is 2.93. The molecule has 0 saturated carbocycles. The maximum Gasteiger partial charge on any atom is 0.328 e. The number of nitrogens with one attached hydrogen (secondary N) is 2. The van der Waals surface area contributed by atoms with E-state index in [2.05, 4.69) is 36.1 Å². The van der Waals surface area contributed by atoms with E-state index in [1.54, 1.807) is 0 Å². The Bertz CT molecular complexity index is 369. The first-order chi connectivity index (χ1) is 10.3. The summed E-state index contributed by atoms with van der Waals surface area (Å²) in [5.74, 6) is -0.533. The highest BCUT2D eigenvalue weighted by Gasteiger charge is 2.30. The third-order valence-corrected chi connectivity index (χ3v) is 2.93. The topological polar surface area (TPSA) is 111 Å². The highest BCUT2D eigenvalue weighted by atomic mass is 16.5. The lowest BCUT2D eigenvalue weighted by Crippen LogP contribution is -2.47. The molecule has 0 aromatic carbocycles. The molecule has 1 saturated heterocycles. The molecule has 0 radical (unpaired) electrons. The number of piperidine rings is 1. The number of hydrogen-bond acceptors (Lipinski definition) is 5. The molecule has 22 heavy (non-hydrogen) atoms. The van der Waals surface area contributed by atoms with Crippen molar-refractivity contribution in [2.75, 3.05) is 20.2 Å². The number of nitrogens with two attached hydrogens (primary N) is 1. The largest absolute Gasteiger partial charge is 0.467 e. The van der Waals surface area contributed by atoms with Gasteiger partial charge in [-0.2, -0.15) is 0 Å². The second-order valence-electron chi connectivity index (χ2n) is 5.95. The first kappa shape index (κ1) is 20.4. The van der Waals surface area contributed by atoms with Gasteiger partial charge >= 0.3 is 5.97 Å². The second-order valence-corrected chi connectivity index (χ2v) is 5.95. The van der Waals surface area contributed by atoms with Crippen LogP contribution in [0.1, 0.15) is 40.0 Å². The lowest BCUT2D eigenvalue weighted by molar-refractivity contribution is -0.146. The Morgan fingerprint density at radius 2 is 2.00 bits per heavy atom. The number of methoxy groups -OCH3 is 1. The van der Waals surface area contributed by atoms with Crippen molar-refractivity contribution in [2.45, 2.75) is 46.1 Å². The lowest BCUT2D eigenvalue weighted by Gasteiger charge is -2.25. The first-order valence-corrected chi connectivity index (χ1v) is 7.66. The van der Waals surface area contributed by atoms with Gasteiger partial charge in [-0.05, 0) is 25.2 Å². The summed E-state index contributed by atoms with van der Waals surface area (Å²) in [6, 6.07) is -0.820. The third kappa shape index (κ3) is 8.61. The Morgan fingerprint density at radius 3 is 2.45 bits per heavy atom. The number of carbonyl (C=O) groups is 3. The van der Waals surface area contributed by atoms with Gasteiger partial charge in [0.05, 0.1) is 13.7 Å². The Hall–Kier alpha value is -1.63. The van der Waals surface area contributed by atoms with E-state index in [-0.39, 0.29) is 24.8 Å². The molecule has 0 bridgehead atoms. The van der Waals surface area contributed by atoms with Crippen LogP contribution in [-0.2, 0) is 19.1 Å². The lowest BCUT2D eigenvalue weighted by atomic mass is 9.91. The van der Waals surface area contributed by atoms with Gasteiger partial charge in [-0.3, -0.25) is 9.59 Å². The number of amides is 2. The molecule has 1 heterocycles. The molecule has 4 N–H and O–H groups in total. The van der Waals surface area contributed by atoms with E-state index in [4.69, 9.17) is 5.73 Å². The van der Waals surface area contributed by atoms with Gasteiger partial charge in [0.25, 0.3) is 0 Å². The van der Waals surface area contributed by atoms with E-state index in [1.165, 1.54) is 7.11 Å². The van der Waals surface area contributed by atoms with Crippen molar-refractivity contribution in [1.29, 1.82) is 0 Å². The first-order valence-electron chi connectivity index (χ1n) is 7.66. The highest BCUT2D eigenvalue weighted by molar-refractivity contribution is 5.86. The summed E-state index contributed by atoms with van der Waals surface area (Å²) in [4.78, 5) is 34.4. The van der Waals surface area contributed by atoms with Crippen molar-refractivity contribution >= 4 is 17.8 Å². The fraction of sp³-hybridized carbons (Fsp3) is 0.800. The maximum absolute atomic E-state index is 11.6. The summed E-state index contributed by atoms with van der Waals surface area (Å²) < 4.78 is 4.61. The molecule has 1 rings (SSSR count). The van der Waals surface area contributed by atoms with E-state index in [0.29, 0.717) is 13.0 Å². The molecule has 7 heteroatoms. The number of hydrogen-bond donors (Lipinski definition) is 3. The molecule has 128 valence electrons. The van der Waals surface area contributed by atoms with Crippen LogP contribution in [0.25, 0.3) is 0 Å². The van der Waals surface area contributed by atoms with Crippen LogP contribution >= 0.6 is 0 Å². The molecule has 2 atom stereocenters. The number of ether oxygens (including phenoxy) is 1. The predicted molar refractivity (Wildman–Crippen MR) is 83.9 cm³/mol.